The molecule has 0 aromatic carbocycles. The zero-order valence-electron chi connectivity index (χ0n) is 20.3. The van der Waals surface area contributed by atoms with Crippen LogP contribution in [0.2, 0.25) is 0 Å². The summed E-state index contributed by atoms with van der Waals surface area (Å²) >= 11 is 0. The molecular weight excluding hydrogens is 448 g/mol. The van der Waals surface area contributed by atoms with Crippen LogP contribution in [0.4, 0.5) is 5.82 Å². The molecule has 9 heteroatoms. The lowest BCUT2D eigenvalue weighted by atomic mass is 9.86. The number of ether oxygens (including phenoxy) is 1. The smallest absolute Gasteiger partial charge is 0.331 e. The van der Waals surface area contributed by atoms with Crippen molar-refractivity contribution in [2.24, 2.45) is 0 Å². The first-order valence-electron chi connectivity index (χ1n) is 12.1. The van der Waals surface area contributed by atoms with Gasteiger partial charge in [0.25, 0.3) is 5.91 Å². The molecule has 35 heavy (non-hydrogen) atoms. The minimum atomic E-state index is -1.46. The van der Waals surface area contributed by atoms with Gasteiger partial charge in [-0.15, -0.1) is 0 Å². The summed E-state index contributed by atoms with van der Waals surface area (Å²) < 4.78 is 11.1. The molecule has 2 aromatic heterocycles. The van der Waals surface area contributed by atoms with Crippen LogP contribution in [-0.2, 0) is 22.6 Å². The number of fused-ring (bicyclic) bond motifs is 1. The molecule has 5 rings (SSSR count). The molecule has 0 radical (unpaired) electrons. The number of pyridine rings is 1. The van der Waals surface area contributed by atoms with Gasteiger partial charge in [-0.1, -0.05) is 6.92 Å². The topological polar surface area (TPSA) is 120 Å². The minimum Gasteiger partial charge on any atom is -0.479 e. The number of carbonyl (C=O) groups is 2. The zero-order valence-corrected chi connectivity index (χ0v) is 20.3. The summed E-state index contributed by atoms with van der Waals surface area (Å²) in [7, 11) is 0. The Bertz CT molecular complexity index is 1210. The summed E-state index contributed by atoms with van der Waals surface area (Å²) in [6.07, 6.45) is 5.65. The fourth-order valence-corrected chi connectivity index (χ4v) is 5.39. The summed E-state index contributed by atoms with van der Waals surface area (Å²) in [5, 5.41) is 20.6. The van der Waals surface area contributed by atoms with E-state index in [2.05, 4.69) is 6.07 Å². The molecule has 9 nitrogen and oxygen atoms in total. The highest BCUT2D eigenvalue weighted by molar-refractivity contribution is 5.98. The highest BCUT2D eigenvalue weighted by Crippen LogP contribution is 2.46. The highest BCUT2D eigenvalue weighted by Gasteiger charge is 2.50. The minimum absolute atomic E-state index is 0.0485. The number of anilines is 1. The average molecular weight is 479 g/mol. The number of carboxylic acids is 1. The first kappa shape index (κ1) is 23.4. The number of hydrogen-bond acceptors (Lipinski definition) is 7. The third kappa shape index (κ3) is 3.86. The van der Waals surface area contributed by atoms with E-state index in [1.807, 2.05) is 18.7 Å². The Hall–Kier alpha value is -3.38. The van der Waals surface area contributed by atoms with Gasteiger partial charge in [-0.2, -0.15) is 5.26 Å². The number of nitrogens with zero attached hydrogens (tertiary/aromatic N) is 4. The SMILES string of the molecule is CC[C@@]1(C(=O)O)CN(c2nc(C3CC3)c3c(c2C#N)CC(C)(C)OC3)CCN1C(=O)c1ccoc1. The second-order valence-electron chi connectivity index (χ2n) is 10.3. The van der Waals surface area contributed by atoms with E-state index in [0.29, 0.717) is 42.4 Å². The van der Waals surface area contributed by atoms with Gasteiger partial charge < -0.3 is 24.1 Å². The molecule has 0 bridgehead atoms. The van der Waals surface area contributed by atoms with Gasteiger partial charge in [0.2, 0.25) is 0 Å². The van der Waals surface area contributed by atoms with E-state index in [1.54, 1.807) is 13.0 Å². The number of carboxylic acid groups (broad SMARTS) is 1. The van der Waals surface area contributed by atoms with Crippen molar-refractivity contribution in [3.05, 3.63) is 46.5 Å². The Morgan fingerprint density at radius 2 is 2.06 bits per heavy atom. The van der Waals surface area contributed by atoms with E-state index < -0.39 is 17.1 Å². The molecule has 0 unspecified atom stereocenters. The van der Waals surface area contributed by atoms with Crippen molar-refractivity contribution in [3.63, 3.8) is 0 Å². The fraction of sp³-hybridized carbons (Fsp3) is 0.538. The van der Waals surface area contributed by atoms with Crippen LogP contribution in [0.3, 0.4) is 0 Å². The van der Waals surface area contributed by atoms with E-state index in [4.69, 9.17) is 14.1 Å². The van der Waals surface area contributed by atoms with Gasteiger partial charge in [0.05, 0.1) is 41.8 Å². The molecular formula is C26H30N4O5. The second kappa shape index (κ2) is 8.38. The van der Waals surface area contributed by atoms with E-state index in [0.717, 1.165) is 29.7 Å². The molecule has 184 valence electrons. The van der Waals surface area contributed by atoms with E-state index in [9.17, 15) is 20.0 Å². The van der Waals surface area contributed by atoms with Gasteiger partial charge in [0.1, 0.15) is 18.2 Å². The number of furan rings is 1. The van der Waals surface area contributed by atoms with Crippen LogP contribution in [0, 0.1) is 11.3 Å². The van der Waals surface area contributed by atoms with Gasteiger partial charge >= 0.3 is 5.97 Å². The molecule has 1 saturated heterocycles. The summed E-state index contributed by atoms with van der Waals surface area (Å²) in [5.74, 6) is -0.575. The molecule has 1 aliphatic carbocycles. The van der Waals surface area contributed by atoms with E-state index >= 15 is 0 Å². The number of aromatic nitrogens is 1. The Morgan fingerprint density at radius 1 is 1.29 bits per heavy atom. The van der Waals surface area contributed by atoms with Crippen molar-refractivity contribution in [2.45, 2.75) is 70.1 Å². The number of amides is 1. The average Bonchev–Trinajstić information content (AvgIpc) is 3.54. The second-order valence-corrected chi connectivity index (χ2v) is 10.3. The van der Waals surface area contributed by atoms with Gasteiger partial charge in [0.15, 0.2) is 5.54 Å². The number of rotatable bonds is 5. The van der Waals surface area contributed by atoms with Gasteiger partial charge in [0, 0.05) is 31.0 Å². The van der Waals surface area contributed by atoms with Crippen LogP contribution >= 0.6 is 0 Å². The lowest BCUT2D eigenvalue weighted by Crippen LogP contribution is -2.67. The summed E-state index contributed by atoms with van der Waals surface area (Å²) in [4.78, 5) is 34.2. The van der Waals surface area contributed by atoms with Crippen molar-refractivity contribution in [1.29, 1.82) is 5.26 Å². The highest BCUT2D eigenvalue weighted by atomic mass is 16.5. The molecule has 2 fully saturated rings. The molecule has 1 N–H and O–H groups in total. The summed E-state index contributed by atoms with van der Waals surface area (Å²) in [5.41, 5.74) is 1.90. The maximum atomic E-state index is 13.2. The molecule has 2 aromatic rings. The molecule has 1 saturated carbocycles. The zero-order chi connectivity index (χ0) is 25.0. The van der Waals surface area contributed by atoms with E-state index in [-0.39, 0.29) is 25.4 Å². The Morgan fingerprint density at radius 3 is 2.66 bits per heavy atom. The molecule has 0 spiro atoms. The summed E-state index contributed by atoms with van der Waals surface area (Å²) in [6, 6.07) is 3.92. The quantitative estimate of drug-likeness (QED) is 0.694. The third-order valence-corrected chi connectivity index (χ3v) is 7.57. The van der Waals surface area contributed by atoms with E-state index in [1.165, 1.54) is 17.4 Å². The molecule has 3 aliphatic rings. The standard InChI is InChI=1S/C26H30N4O5/c1-4-26(24(32)33)15-29(8-9-30(26)23(31)17-7-10-34-13-17)22-19(12-27)18-11-25(2,3)35-14-20(18)21(28-22)16-5-6-16/h7,10,13,16H,4-6,8-9,11,14-15H2,1-3H3,(H,32,33)/t26-/m0/s1. The maximum Gasteiger partial charge on any atom is 0.331 e. The van der Waals surface area contributed by atoms with Crippen LogP contribution in [0.5, 0.6) is 0 Å². The molecule has 1 atom stereocenters. The lowest BCUT2D eigenvalue weighted by Gasteiger charge is -2.48. The number of nitriles is 1. The maximum absolute atomic E-state index is 13.2. The fourth-order valence-electron chi connectivity index (χ4n) is 5.39. The van der Waals surface area contributed by atoms with Gasteiger partial charge in [-0.3, -0.25) is 4.79 Å². The van der Waals surface area contributed by atoms with Crippen LogP contribution in [0.1, 0.15) is 78.7 Å². The third-order valence-electron chi connectivity index (χ3n) is 7.57. The van der Waals surface area contributed by atoms with Crippen molar-refractivity contribution in [1.82, 2.24) is 9.88 Å². The van der Waals surface area contributed by atoms with Crippen LogP contribution in [0.25, 0.3) is 0 Å². The monoisotopic (exact) mass is 478 g/mol. The number of aliphatic carboxylic acids is 1. The lowest BCUT2D eigenvalue weighted by molar-refractivity contribution is -0.150. The van der Waals surface area contributed by atoms with Crippen molar-refractivity contribution < 1.29 is 23.8 Å². The predicted molar refractivity (Wildman–Crippen MR) is 126 cm³/mol. The summed E-state index contributed by atoms with van der Waals surface area (Å²) in [6.45, 7) is 6.85. The van der Waals surface area contributed by atoms with Crippen molar-refractivity contribution >= 4 is 17.7 Å². The Balaban J connectivity index is 1.58. The number of piperazine rings is 1. The van der Waals surface area contributed by atoms with Crippen LogP contribution < -0.4 is 4.90 Å². The molecule has 2 aliphatic heterocycles. The van der Waals surface area contributed by atoms with Gasteiger partial charge in [-0.25, -0.2) is 9.78 Å². The van der Waals surface area contributed by atoms with Crippen LogP contribution in [0.15, 0.2) is 23.0 Å². The Labute approximate surface area is 204 Å². The van der Waals surface area contributed by atoms with Crippen molar-refractivity contribution in [2.75, 3.05) is 24.5 Å². The normalized spacial score (nSPS) is 23.5. The molecule has 1 amide bonds. The number of carbonyl (C=O) groups excluding carboxylic acids is 1. The van der Waals surface area contributed by atoms with Crippen molar-refractivity contribution in [3.8, 4) is 6.07 Å². The molecule has 4 heterocycles. The number of hydrogen-bond donors (Lipinski definition) is 1. The largest absolute Gasteiger partial charge is 0.479 e. The first-order valence-corrected chi connectivity index (χ1v) is 12.1. The predicted octanol–water partition coefficient (Wildman–Crippen LogP) is 3.47. The Kier molecular flexibility index (Phi) is 5.59. The van der Waals surface area contributed by atoms with Crippen LogP contribution in [-0.4, -0.2) is 57.6 Å². The first-order chi connectivity index (χ1) is 16.7. The van der Waals surface area contributed by atoms with Gasteiger partial charge in [-0.05, 0) is 44.7 Å².